The zero-order chi connectivity index (χ0) is 17.4. The Morgan fingerprint density at radius 2 is 1.79 bits per heavy atom. The second kappa shape index (κ2) is 6.90. The Bertz CT molecular complexity index is 940. The van der Waals surface area contributed by atoms with Gasteiger partial charge in [0.2, 0.25) is 0 Å². The lowest BCUT2D eigenvalue weighted by Crippen LogP contribution is -2.06. The number of aromatic hydroxyl groups is 1. The second-order valence-corrected chi connectivity index (χ2v) is 7.67. The van der Waals surface area contributed by atoms with Crippen molar-refractivity contribution in [3.05, 3.63) is 60.6 Å². The highest BCUT2D eigenvalue weighted by molar-refractivity contribution is 9.11. The van der Waals surface area contributed by atoms with Crippen molar-refractivity contribution < 1.29 is 14.7 Å². The van der Waals surface area contributed by atoms with Gasteiger partial charge in [0, 0.05) is 17.4 Å². The summed E-state index contributed by atoms with van der Waals surface area (Å²) in [5.41, 5.74) is 2.47. The smallest absolute Gasteiger partial charge is 0.149 e. The molecule has 0 radical (unpaired) electrons. The molecule has 0 bridgehead atoms. The molecule has 0 aliphatic heterocycles. The lowest BCUT2D eigenvalue weighted by atomic mass is 9.98. The summed E-state index contributed by atoms with van der Waals surface area (Å²) in [7, 11) is 0. The normalized spacial score (nSPS) is 12.1. The Morgan fingerprint density at radius 3 is 2.38 bits per heavy atom. The molecule has 1 aromatic heterocycles. The summed E-state index contributed by atoms with van der Waals surface area (Å²) in [5.74, 6) is 0.816. The van der Waals surface area contributed by atoms with E-state index in [0.717, 1.165) is 21.2 Å². The average Bonchev–Trinajstić information content (AvgIpc) is 2.93. The third kappa shape index (κ3) is 2.89. The zero-order valence-electron chi connectivity index (χ0n) is 12.5. The van der Waals surface area contributed by atoms with Crippen molar-refractivity contribution in [3.8, 4) is 5.75 Å². The number of para-hydroxylation sites is 1. The van der Waals surface area contributed by atoms with Crippen LogP contribution in [-0.4, -0.2) is 16.0 Å². The zero-order valence-corrected chi connectivity index (χ0v) is 17.2. The lowest BCUT2D eigenvalue weighted by Gasteiger charge is -2.08. The van der Waals surface area contributed by atoms with Crippen molar-refractivity contribution in [1.29, 1.82) is 0 Å². The minimum Gasteiger partial charge on any atom is -0.506 e. The minimum atomic E-state index is 0.0894. The number of furan rings is 1. The molecule has 1 heterocycles. The lowest BCUT2D eigenvalue weighted by molar-refractivity contribution is 0.319. The maximum atomic E-state index is 9.90. The van der Waals surface area contributed by atoms with Gasteiger partial charge in [-0.05, 0) is 66.0 Å². The minimum absolute atomic E-state index is 0.0894. The third-order valence-corrected chi connectivity index (χ3v) is 5.52. The van der Waals surface area contributed by atoms with Gasteiger partial charge < -0.3 is 14.7 Å². The monoisotopic (exact) mass is 515 g/mol. The number of benzene rings is 2. The van der Waals surface area contributed by atoms with E-state index in [1.165, 1.54) is 0 Å². The first-order valence-corrected chi connectivity index (χ1v) is 9.46. The van der Waals surface area contributed by atoms with Crippen LogP contribution in [0.3, 0.4) is 0 Å². The van der Waals surface area contributed by atoms with E-state index in [-0.39, 0.29) is 5.75 Å². The van der Waals surface area contributed by atoms with E-state index in [0.29, 0.717) is 32.2 Å². The third-order valence-electron chi connectivity index (χ3n) is 3.69. The number of hydrogen-bond acceptors (Lipinski definition) is 4. The predicted octanol–water partition coefficient (Wildman–Crippen LogP) is 6.21. The molecule has 0 saturated heterocycles. The van der Waals surface area contributed by atoms with Crippen LogP contribution in [0, 0.1) is 0 Å². The summed E-state index contributed by atoms with van der Waals surface area (Å²) in [6.45, 7) is 1.98. The van der Waals surface area contributed by atoms with Crippen molar-refractivity contribution in [2.75, 3.05) is 0 Å². The van der Waals surface area contributed by atoms with Gasteiger partial charge in [-0.25, -0.2) is 0 Å². The number of rotatable bonds is 3. The van der Waals surface area contributed by atoms with Crippen LogP contribution < -0.4 is 0 Å². The van der Waals surface area contributed by atoms with Gasteiger partial charge in [-0.15, -0.1) is 0 Å². The molecule has 124 valence electrons. The fraction of sp³-hybridized carbons (Fsp3) is 0.118. The van der Waals surface area contributed by atoms with E-state index in [1.807, 2.05) is 25.1 Å². The molecule has 2 N–H and O–H groups in total. The van der Waals surface area contributed by atoms with Gasteiger partial charge in [-0.3, -0.25) is 0 Å². The Kier molecular flexibility index (Phi) is 5.03. The van der Waals surface area contributed by atoms with Gasteiger partial charge in [0.25, 0.3) is 0 Å². The quantitative estimate of drug-likeness (QED) is 0.246. The Morgan fingerprint density at radius 1 is 1.12 bits per heavy atom. The van der Waals surface area contributed by atoms with E-state index in [4.69, 9.17) is 4.42 Å². The number of halogens is 3. The number of nitrogens with zero attached hydrogens (tertiary/aromatic N) is 1. The van der Waals surface area contributed by atoms with Gasteiger partial charge in [0.05, 0.1) is 19.0 Å². The van der Waals surface area contributed by atoms with Crippen molar-refractivity contribution in [1.82, 2.24) is 0 Å². The number of hydrogen-bond donors (Lipinski definition) is 2. The van der Waals surface area contributed by atoms with Crippen LogP contribution in [0.2, 0.25) is 0 Å². The summed E-state index contributed by atoms with van der Waals surface area (Å²) in [5, 5.41) is 24.0. The molecule has 2 aromatic carbocycles. The summed E-state index contributed by atoms with van der Waals surface area (Å²) < 4.78 is 7.80. The van der Waals surface area contributed by atoms with E-state index < -0.39 is 0 Å². The first-order chi connectivity index (χ1) is 11.5. The van der Waals surface area contributed by atoms with E-state index in [1.54, 1.807) is 12.1 Å². The molecule has 3 rings (SSSR count). The fourth-order valence-corrected chi connectivity index (χ4v) is 4.23. The first-order valence-electron chi connectivity index (χ1n) is 7.08. The highest BCUT2D eigenvalue weighted by Gasteiger charge is 2.22. The van der Waals surface area contributed by atoms with Crippen LogP contribution in [0.5, 0.6) is 5.75 Å². The molecule has 0 atom stereocenters. The molecule has 0 amide bonds. The van der Waals surface area contributed by atoms with Crippen molar-refractivity contribution in [2.24, 2.45) is 5.16 Å². The highest BCUT2D eigenvalue weighted by atomic mass is 79.9. The SMILES string of the molecule is CCc1oc2c(Br)cccc2c1/C(=N/O)c1cc(Br)c(O)c(Br)c1. The molecular formula is C17H12Br3NO3. The number of phenolic OH excluding ortho intramolecular Hbond substituents is 1. The maximum Gasteiger partial charge on any atom is 0.149 e. The van der Waals surface area contributed by atoms with E-state index in [9.17, 15) is 10.3 Å². The summed E-state index contributed by atoms with van der Waals surface area (Å²) in [6, 6.07) is 9.13. The highest BCUT2D eigenvalue weighted by Crippen LogP contribution is 2.37. The van der Waals surface area contributed by atoms with Crippen LogP contribution in [0.15, 0.2) is 53.3 Å². The van der Waals surface area contributed by atoms with E-state index in [2.05, 4.69) is 52.9 Å². The first kappa shape index (κ1) is 17.5. The van der Waals surface area contributed by atoms with Crippen LogP contribution in [0.1, 0.15) is 23.8 Å². The average molecular weight is 518 g/mol. The number of phenols is 1. The predicted molar refractivity (Wildman–Crippen MR) is 104 cm³/mol. The molecule has 0 fully saturated rings. The van der Waals surface area contributed by atoms with Crippen LogP contribution in [0.25, 0.3) is 11.0 Å². The van der Waals surface area contributed by atoms with Gasteiger partial charge in [-0.1, -0.05) is 24.2 Å². The number of oxime groups is 1. The molecule has 4 nitrogen and oxygen atoms in total. The van der Waals surface area contributed by atoms with Crippen molar-refractivity contribution in [2.45, 2.75) is 13.3 Å². The van der Waals surface area contributed by atoms with Crippen molar-refractivity contribution in [3.63, 3.8) is 0 Å². The Labute approximate surface area is 163 Å². The van der Waals surface area contributed by atoms with Gasteiger partial charge in [0.1, 0.15) is 22.8 Å². The molecule has 0 aliphatic carbocycles. The number of fused-ring (bicyclic) bond motifs is 1. The Balaban J connectivity index is 2.30. The van der Waals surface area contributed by atoms with Gasteiger partial charge in [-0.2, -0.15) is 0 Å². The number of aryl methyl sites for hydroxylation is 1. The largest absolute Gasteiger partial charge is 0.506 e. The van der Waals surface area contributed by atoms with Crippen LogP contribution >= 0.6 is 47.8 Å². The fourth-order valence-electron chi connectivity index (χ4n) is 2.60. The second-order valence-electron chi connectivity index (χ2n) is 5.11. The van der Waals surface area contributed by atoms with Crippen LogP contribution in [-0.2, 0) is 6.42 Å². The molecular weight excluding hydrogens is 506 g/mol. The van der Waals surface area contributed by atoms with E-state index >= 15 is 0 Å². The van der Waals surface area contributed by atoms with Crippen LogP contribution in [0.4, 0.5) is 0 Å². The molecule has 0 spiro atoms. The summed E-state index contributed by atoms with van der Waals surface area (Å²) in [4.78, 5) is 0. The van der Waals surface area contributed by atoms with Gasteiger partial charge >= 0.3 is 0 Å². The van der Waals surface area contributed by atoms with Gasteiger partial charge in [0.15, 0.2) is 0 Å². The molecule has 3 aromatic rings. The summed E-state index contributed by atoms with van der Waals surface area (Å²) in [6.07, 6.45) is 0.649. The molecule has 0 unspecified atom stereocenters. The summed E-state index contributed by atoms with van der Waals surface area (Å²) >= 11 is 10.1. The Hall–Kier alpha value is -1.31. The molecule has 7 heteroatoms. The maximum absolute atomic E-state index is 9.90. The standard InChI is InChI=1S/C17H12Br3NO3/c1-2-13-14(9-4-3-5-10(18)17(9)24-13)15(21-23)8-6-11(19)16(22)12(20)7-8/h3-7,22-23H,2H2,1H3/b21-15+. The molecule has 0 aliphatic rings. The molecule has 24 heavy (non-hydrogen) atoms. The van der Waals surface area contributed by atoms with Crippen molar-refractivity contribution >= 4 is 64.5 Å². The molecule has 0 saturated carbocycles. The topological polar surface area (TPSA) is 66.0 Å².